The summed E-state index contributed by atoms with van der Waals surface area (Å²) in [5.41, 5.74) is 1.68. The first kappa shape index (κ1) is 34.0. The summed E-state index contributed by atoms with van der Waals surface area (Å²) in [4.78, 5) is 29.0. The number of fused-ring (bicyclic) bond motifs is 1. The van der Waals surface area contributed by atoms with Gasteiger partial charge in [-0.1, -0.05) is 57.8 Å². The fraction of sp³-hybridized carbons (Fsp3) is 0.486. The molecule has 3 fully saturated rings. The minimum Gasteiger partial charge on any atom is -0.391 e. The van der Waals surface area contributed by atoms with Crippen molar-refractivity contribution < 1.29 is 23.5 Å². The van der Waals surface area contributed by atoms with Crippen LogP contribution in [-0.4, -0.2) is 53.4 Å². The Morgan fingerprint density at radius 2 is 1.78 bits per heavy atom. The summed E-state index contributed by atoms with van der Waals surface area (Å²) in [6.45, 7) is 15.1. The van der Waals surface area contributed by atoms with E-state index in [4.69, 9.17) is 4.84 Å². The lowest BCUT2D eigenvalue weighted by Crippen LogP contribution is -2.34. The molecule has 2 aromatic carbocycles. The van der Waals surface area contributed by atoms with Crippen molar-refractivity contribution in [1.82, 2.24) is 9.97 Å². The van der Waals surface area contributed by atoms with E-state index in [-0.39, 0.29) is 24.6 Å². The number of piperidine rings is 1. The highest BCUT2D eigenvalue weighted by Gasteiger charge is 2.31. The van der Waals surface area contributed by atoms with Crippen LogP contribution in [0.2, 0.25) is 0 Å². The molecule has 8 nitrogen and oxygen atoms in total. The van der Waals surface area contributed by atoms with Crippen LogP contribution >= 0.6 is 0 Å². The summed E-state index contributed by atoms with van der Waals surface area (Å²) in [6, 6.07) is 7.51. The van der Waals surface area contributed by atoms with Crippen molar-refractivity contribution in [2.24, 2.45) is 17.0 Å². The molecule has 1 N–H and O–H groups in total. The number of aromatic nitrogens is 2. The number of benzene rings is 2. The third-order valence-corrected chi connectivity index (χ3v) is 8.61. The van der Waals surface area contributed by atoms with Gasteiger partial charge in [-0.3, -0.25) is 4.79 Å². The summed E-state index contributed by atoms with van der Waals surface area (Å²) >= 11 is 0. The van der Waals surface area contributed by atoms with Gasteiger partial charge in [-0.05, 0) is 61.4 Å². The maximum absolute atomic E-state index is 15.0. The Hall–Kier alpha value is -3.92. The number of hydrogen-bond acceptors (Lipinski definition) is 7. The first-order chi connectivity index (χ1) is 21.7. The normalized spacial score (nSPS) is 18.4. The van der Waals surface area contributed by atoms with Gasteiger partial charge < -0.3 is 19.7 Å². The fourth-order valence-corrected chi connectivity index (χ4v) is 5.85. The Labute approximate surface area is 264 Å². The average molecular weight is 622 g/mol. The van der Waals surface area contributed by atoms with Crippen LogP contribution in [0.15, 0.2) is 54.2 Å². The molecule has 1 saturated carbocycles. The van der Waals surface area contributed by atoms with Crippen LogP contribution in [0.25, 0.3) is 22.0 Å². The molecule has 6 rings (SSSR count). The second kappa shape index (κ2) is 15.9. The highest BCUT2D eigenvalue weighted by atomic mass is 19.1. The molecular formula is C35H45F2N5O3. The second-order valence-corrected chi connectivity index (χ2v) is 11.9. The van der Waals surface area contributed by atoms with Crippen LogP contribution in [0.3, 0.4) is 0 Å². The number of amides is 1. The quantitative estimate of drug-likeness (QED) is 0.166. The molecule has 0 radical (unpaired) electrons. The number of rotatable bonds is 7. The third-order valence-electron chi connectivity index (χ3n) is 8.61. The van der Waals surface area contributed by atoms with E-state index in [1.807, 2.05) is 0 Å². The van der Waals surface area contributed by atoms with E-state index in [0.29, 0.717) is 39.7 Å². The molecule has 242 valence electrons. The molecule has 0 bridgehead atoms. The van der Waals surface area contributed by atoms with Crippen LogP contribution in [0, 0.1) is 23.5 Å². The predicted molar refractivity (Wildman–Crippen MR) is 176 cm³/mol. The summed E-state index contributed by atoms with van der Waals surface area (Å²) in [6.07, 6.45) is 8.79. The van der Waals surface area contributed by atoms with Gasteiger partial charge in [0.1, 0.15) is 29.5 Å². The number of aliphatic hydroxyl groups is 1. The number of carbonyl (C=O) groups excluding carboxylic acids is 1. The van der Waals surface area contributed by atoms with Gasteiger partial charge in [-0.25, -0.2) is 18.7 Å². The van der Waals surface area contributed by atoms with Crippen LogP contribution in [-0.2, 0) is 9.63 Å². The van der Waals surface area contributed by atoms with Crippen LogP contribution in [0.1, 0.15) is 72.1 Å². The lowest BCUT2D eigenvalue weighted by Gasteiger charge is -2.33. The first-order valence-corrected chi connectivity index (χ1v) is 16.0. The molecule has 1 atom stereocenters. The number of allylic oxidation sites excluding steroid dienone is 1. The van der Waals surface area contributed by atoms with E-state index < -0.39 is 17.7 Å². The number of nitrogens with zero attached hydrogens (tertiary/aromatic N) is 5. The van der Waals surface area contributed by atoms with Crippen molar-refractivity contribution in [3.8, 4) is 11.1 Å². The van der Waals surface area contributed by atoms with Crippen molar-refractivity contribution >= 4 is 35.0 Å². The van der Waals surface area contributed by atoms with Crippen molar-refractivity contribution in [3.63, 3.8) is 0 Å². The van der Waals surface area contributed by atoms with Gasteiger partial charge in [0.15, 0.2) is 0 Å². The van der Waals surface area contributed by atoms with Crippen molar-refractivity contribution in [3.05, 3.63) is 60.6 Å². The lowest BCUT2D eigenvalue weighted by atomic mass is 9.84. The molecule has 0 spiro atoms. The van der Waals surface area contributed by atoms with Gasteiger partial charge in [-0.2, -0.15) is 0 Å². The summed E-state index contributed by atoms with van der Waals surface area (Å²) in [5, 5.41) is 13.4. The Bertz CT molecular complexity index is 1490. The summed E-state index contributed by atoms with van der Waals surface area (Å²) in [5.74, 6) is 1.28. The monoisotopic (exact) mass is 621 g/mol. The van der Waals surface area contributed by atoms with E-state index >= 15 is 8.78 Å². The van der Waals surface area contributed by atoms with Gasteiger partial charge in [0, 0.05) is 31.3 Å². The molecule has 1 unspecified atom stereocenters. The Balaban J connectivity index is 0.000000325. The molecule has 1 aliphatic carbocycles. The minimum absolute atomic E-state index is 0.0149. The predicted octanol–water partition coefficient (Wildman–Crippen LogP) is 7.65. The molecule has 1 aromatic heterocycles. The number of carbonyl (C=O) groups is 1. The molecule has 1 amide bonds. The number of halogens is 2. The zero-order valence-corrected chi connectivity index (χ0v) is 26.6. The molecule has 3 aliphatic rings. The van der Waals surface area contributed by atoms with E-state index in [1.54, 1.807) is 12.1 Å². The average Bonchev–Trinajstić information content (AvgIpc) is 3.34. The van der Waals surface area contributed by atoms with Crippen molar-refractivity contribution in [2.75, 3.05) is 29.4 Å². The summed E-state index contributed by atoms with van der Waals surface area (Å²) < 4.78 is 30.0. The number of anilines is 2. The maximum atomic E-state index is 15.0. The molecular weight excluding hydrogens is 576 g/mol. The number of hydrogen-bond donors (Lipinski definition) is 1. The lowest BCUT2D eigenvalue weighted by molar-refractivity contribution is -0.117. The second-order valence-electron chi connectivity index (χ2n) is 11.9. The number of oxime groups is 1. The molecule has 2 saturated heterocycles. The van der Waals surface area contributed by atoms with Crippen LogP contribution < -0.4 is 9.80 Å². The standard InChI is InChI=1S/C25H26F2N4O2.C7H11NO.C3H8/c1-2-15-7-9-30(10-8-15)25-23-19(26)5-4-18(24(23)28-14-29-25)16-3-6-21(20(27)11-16)31-13-17(32)12-22(31)33;1-6(9-8-2)7-4-3-5-7;1-3-2/h3-6,11,14-15,17,32H,2,7-10,12-13H2,1H3;7H,1-5H2;3H2,1-2H3. The van der Waals surface area contributed by atoms with Crippen LogP contribution in [0.4, 0.5) is 20.3 Å². The zero-order chi connectivity index (χ0) is 32.5. The molecule has 10 heteroatoms. The molecule has 3 aromatic rings. The topological polar surface area (TPSA) is 91.2 Å². The number of β-amino-alcohol motifs (C(OH)–C–C–N with tert-alkyl or cyclic N) is 1. The Morgan fingerprint density at radius 1 is 1.07 bits per heavy atom. The van der Waals surface area contributed by atoms with Gasteiger partial charge >= 0.3 is 0 Å². The van der Waals surface area contributed by atoms with Gasteiger partial charge in [0.2, 0.25) is 5.91 Å². The third kappa shape index (κ3) is 8.03. The zero-order valence-electron chi connectivity index (χ0n) is 26.6. The largest absolute Gasteiger partial charge is 0.391 e. The highest BCUT2D eigenvalue weighted by Crippen LogP contribution is 2.37. The maximum Gasteiger partial charge on any atom is 0.229 e. The minimum atomic E-state index is -0.796. The van der Waals surface area contributed by atoms with Crippen molar-refractivity contribution in [1.29, 1.82) is 0 Å². The smallest absolute Gasteiger partial charge is 0.229 e. The molecule has 2 aliphatic heterocycles. The SMILES string of the molecule is C=NOC(=C)C1CCC1.CCC.CCC1CCN(c2ncnc3c(-c4ccc(N5CC(O)CC5=O)c(F)c4)ccc(F)c23)CC1. The van der Waals surface area contributed by atoms with E-state index in [1.165, 1.54) is 55.1 Å². The Morgan fingerprint density at radius 3 is 2.33 bits per heavy atom. The fourth-order valence-electron chi connectivity index (χ4n) is 5.85. The number of aliphatic hydroxyl groups excluding tert-OH is 1. The van der Waals surface area contributed by atoms with Crippen molar-refractivity contribution in [2.45, 2.75) is 78.2 Å². The highest BCUT2D eigenvalue weighted by molar-refractivity contribution is 6.00. The van der Waals surface area contributed by atoms with E-state index in [0.717, 1.165) is 38.1 Å². The van der Waals surface area contributed by atoms with Gasteiger partial charge in [0.25, 0.3) is 0 Å². The molecule has 3 heterocycles. The van der Waals surface area contributed by atoms with Gasteiger partial charge in [-0.15, -0.1) is 0 Å². The van der Waals surface area contributed by atoms with Crippen LogP contribution in [0.5, 0.6) is 0 Å². The van der Waals surface area contributed by atoms with E-state index in [9.17, 15) is 9.90 Å². The summed E-state index contributed by atoms with van der Waals surface area (Å²) in [7, 11) is 0. The molecule has 45 heavy (non-hydrogen) atoms. The first-order valence-electron chi connectivity index (χ1n) is 16.0. The van der Waals surface area contributed by atoms with E-state index in [2.05, 4.69) is 54.1 Å². The Kier molecular flexibility index (Phi) is 12.0. The van der Waals surface area contributed by atoms with Gasteiger partial charge in [0.05, 0.1) is 35.7 Å².